The van der Waals surface area contributed by atoms with Crippen LogP contribution >= 0.6 is 11.6 Å². The summed E-state index contributed by atoms with van der Waals surface area (Å²) in [7, 11) is 0. The highest BCUT2D eigenvalue weighted by Gasteiger charge is 2.33. The number of carbonyl (C=O) groups excluding carboxylic acids is 2. The van der Waals surface area contributed by atoms with Gasteiger partial charge in [-0.2, -0.15) is 5.26 Å². The van der Waals surface area contributed by atoms with E-state index in [0.717, 1.165) is 0 Å². The first-order valence-corrected chi connectivity index (χ1v) is 5.13. The number of rotatable bonds is 3. The van der Waals surface area contributed by atoms with Crippen molar-refractivity contribution in [3.05, 3.63) is 0 Å². The van der Waals surface area contributed by atoms with Crippen LogP contribution in [0.25, 0.3) is 0 Å². The van der Waals surface area contributed by atoms with Crippen LogP contribution in [0.4, 0.5) is 0 Å². The highest BCUT2D eigenvalue weighted by atomic mass is 35.5. The Kier molecular flexibility index (Phi) is 4.06. The monoisotopic (exact) mass is 229 g/mol. The third-order valence-electron chi connectivity index (χ3n) is 2.27. The lowest BCUT2D eigenvalue weighted by atomic mass is 10.1. The molecule has 0 aromatic rings. The molecule has 82 valence electrons. The first-order chi connectivity index (χ1) is 7.08. The third kappa shape index (κ3) is 2.91. The van der Waals surface area contributed by atoms with Crippen LogP contribution in [-0.4, -0.2) is 41.2 Å². The minimum atomic E-state index is -0.697. The van der Waals surface area contributed by atoms with E-state index < -0.39 is 5.38 Å². The van der Waals surface area contributed by atoms with E-state index in [1.165, 1.54) is 0 Å². The second-order valence-electron chi connectivity index (χ2n) is 3.36. The van der Waals surface area contributed by atoms with Gasteiger partial charge in [-0.25, -0.2) is 0 Å². The molecule has 6 heteroatoms. The number of piperazine rings is 1. The Labute approximate surface area is 93.0 Å². The molecule has 1 fully saturated rings. The molecule has 5 nitrogen and oxygen atoms in total. The van der Waals surface area contributed by atoms with Gasteiger partial charge in [-0.1, -0.05) is 6.92 Å². The molecule has 1 aliphatic rings. The lowest BCUT2D eigenvalue weighted by Crippen LogP contribution is -2.58. The van der Waals surface area contributed by atoms with Crippen molar-refractivity contribution in [3.8, 4) is 6.07 Å². The van der Waals surface area contributed by atoms with E-state index in [1.807, 2.05) is 13.0 Å². The summed E-state index contributed by atoms with van der Waals surface area (Å²) in [6.07, 6.45) is 0.591. The molecule has 15 heavy (non-hydrogen) atoms. The van der Waals surface area contributed by atoms with Gasteiger partial charge in [-0.3, -0.25) is 19.8 Å². The third-order valence-corrected chi connectivity index (χ3v) is 2.51. The minimum absolute atomic E-state index is 0.120. The average molecular weight is 230 g/mol. The standard InChI is InChI=1S/C9H12ClN3O2/c1-2-7-9(15)12-8(14)5-13(7)4-6(10)3-11/h6-7H,2,4-5H2,1H3,(H,12,14,15). The Bertz CT molecular complexity index is 313. The molecule has 1 heterocycles. The molecule has 0 aromatic carbocycles. The number of nitrogens with zero attached hydrogens (tertiary/aromatic N) is 2. The van der Waals surface area contributed by atoms with E-state index in [1.54, 1.807) is 4.90 Å². The van der Waals surface area contributed by atoms with Crippen molar-refractivity contribution < 1.29 is 9.59 Å². The first-order valence-electron chi connectivity index (χ1n) is 4.70. The van der Waals surface area contributed by atoms with E-state index in [2.05, 4.69) is 5.32 Å². The zero-order chi connectivity index (χ0) is 11.4. The normalized spacial score (nSPS) is 24.5. The van der Waals surface area contributed by atoms with Gasteiger partial charge in [0.05, 0.1) is 18.7 Å². The fourth-order valence-corrected chi connectivity index (χ4v) is 1.78. The average Bonchev–Trinajstić information content (AvgIpc) is 2.17. The summed E-state index contributed by atoms with van der Waals surface area (Å²) in [5.74, 6) is -0.651. The summed E-state index contributed by atoms with van der Waals surface area (Å²) in [6, 6.07) is 1.50. The SMILES string of the molecule is CCC1C(=O)NC(=O)CN1CC(Cl)C#N. The molecule has 1 N–H and O–H groups in total. The number of nitrogens with one attached hydrogen (secondary N) is 1. The summed E-state index contributed by atoms with van der Waals surface area (Å²) in [5, 5.41) is 10.1. The van der Waals surface area contributed by atoms with Crippen LogP contribution in [0.2, 0.25) is 0 Å². The van der Waals surface area contributed by atoms with Crippen molar-refractivity contribution >= 4 is 23.4 Å². The molecule has 0 spiro atoms. The molecule has 0 saturated carbocycles. The Morgan fingerprint density at radius 2 is 2.40 bits per heavy atom. The van der Waals surface area contributed by atoms with Crippen LogP contribution in [0, 0.1) is 11.3 Å². The molecule has 2 atom stereocenters. The van der Waals surface area contributed by atoms with Crippen molar-refractivity contribution in [2.24, 2.45) is 0 Å². The van der Waals surface area contributed by atoms with Crippen LogP contribution in [0.5, 0.6) is 0 Å². The van der Waals surface area contributed by atoms with Crippen LogP contribution in [-0.2, 0) is 9.59 Å². The molecule has 1 rings (SSSR count). The molecule has 1 aliphatic heterocycles. The van der Waals surface area contributed by atoms with Crippen LogP contribution in [0.1, 0.15) is 13.3 Å². The van der Waals surface area contributed by atoms with Gasteiger partial charge in [0.1, 0.15) is 5.38 Å². The number of amides is 2. The number of hydrogen-bond donors (Lipinski definition) is 1. The molecule has 0 bridgehead atoms. The number of alkyl halides is 1. The van der Waals surface area contributed by atoms with Crippen molar-refractivity contribution in [2.75, 3.05) is 13.1 Å². The van der Waals surface area contributed by atoms with Crippen LogP contribution in [0.15, 0.2) is 0 Å². The molecule has 0 aliphatic carbocycles. The van der Waals surface area contributed by atoms with Gasteiger partial charge in [0.25, 0.3) is 0 Å². The summed E-state index contributed by atoms with van der Waals surface area (Å²) in [4.78, 5) is 24.2. The number of nitriles is 1. The highest BCUT2D eigenvalue weighted by Crippen LogP contribution is 2.11. The van der Waals surface area contributed by atoms with E-state index in [9.17, 15) is 9.59 Å². The minimum Gasteiger partial charge on any atom is -0.294 e. The van der Waals surface area contributed by atoms with Gasteiger partial charge in [0, 0.05) is 6.54 Å². The molecule has 0 aromatic heterocycles. The maximum Gasteiger partial charge on any atom is 0.243 e. The lowest BCUT2D eigenvalue weighted by Gasteiger charge is -2.33. The fourth-order valence-electron chi connectivity index (χ4n) is 1.60. The van der Waals surface area contributed by atoms with E-state index in [4.69, 9.17) is 16.9 Å². The van der Waals surface area contributed by atoms with Gasteiger partial charge in [0.15, 0.2) is 0 Å². The van der Waals surface area contributed by atoms with Gasteiger partial charge >= 0.3 is 0 Å². The predicted octanol–water partition coefficient (Wildman–Crippen LogP) is -0.146. The zero-order valence-electron chi connectivity index (χ0n) is 8.36. The van der Waals surface area contributed by atoms with E-state index in [0.29, 0.717) is 6.42 Å². The summed E-state index contributed by atoms with van der Waals surface area (Å²) in [5.41, 5.74) is 0. The predicted molar refractivity (Wildman–Crippen MR) is 54.1 cm³/mol. The Hall–Kier alpha value is -1.12. The zero-order valence-corrected chi connectivity index (χ0v) is 9.12. The number of halogens is 1. The van der Waals surface area contributed by atoms with Crippen LogP contribution in [0.3, 0.4) is 0 Å². The van der Waals surface area contributed by atoms with Gasteiger partial charge in [-0.15, -0.1) is 11.6 Å². The van der Waals surface area contributed by atoms with Crippen molar-refractivity contribution in [1.82, 2.24) is 10.2 Å². The Morgan fingerprint density at radius 1 is 1.73 bits per heavy atom. The molecule has 2 unspecified atom stereocenters. The number of hydrogen-bond acceptors (Lipinski definition) is 4. The topological polar surface area (TPSA) is 73.2 Å². The molecule has 2 amide bonds. The molecular weight excluding hydrogens is 218 g/mol. The second-order valence-corrected chi connectivity index (χ2v) is 3.89. The summed E-state index contributed by atoms with van der Waals surface area (Å²) < 4.78 is 0. The van der Waals surface area contributed by atoms with E-state index in [-0.39, 0.29) is 30.9 Å². The second kappa shape index (κ2) is 5.10. The van der Waals surface area contributed by atoms with E-state index >= 15 is 0 Å². The molecular formula is C9H12ClN3O2. The maximum absolute atomic E-state index is 11.4. The highest BCUT2D eigenvalue weighted by molar-refractivity contribution is 6.22. The number of carbonyl (C=O) groups is 2. The van der Waals surface area contributed by atoms with Gasteiger partial charge in [0.2, 0.25) is 11.8 Å². The number of imide groups is 1. The van der Waals surface area contributed by atoms with Crippen molar-refractivity contribution in [1.29, 1.82) is 5.26 Å². The quantitative estimate of drug-likeness (QED) is 0.540. The lowest BCUT2D eigenvalue weighted by molar-refractivity contribution is -0.140. The largest absolute Gasteiger partial charge is 0.294 e. The fraction of sp³-hybridized carbons (Fsp3) is 0.667. The molecule has 0 radical (unpaired) electrons. The van der Waals surface area contributed by atoms with Crippen LogP contribution < -0.4 is 5.32 Å². The first kappa shape index (κ1) is 12.0. The van der Waals surface area contributed by atoms with Gasteiger partial charge < -0.3 is 0 Å². The maximum atomic E-state index is 11.4. The van der Waals surface area contributed by atoms with Gasteiger partial charge in [-0.05, 0) is 6.42 Å². The van der Waals surface area contributed by atoms with Crippen molar-refractivity contribution in [3.63, 3.8) is 0 Å². The summed E-state index contributed by atoms with van der Waals surface area (Å²) >= 11 is 5.67. The smallest absolute Gasteiger partial charge is 0.243 e. The summed E-state index contributed by atoms with van der Waals surface area (Å²) in [6.45, 7) is 2.20. The Balaban J connectivity index is 2.70. The van der Waals surface area contributed by atoms with Crippen molar-refractivity contribution in [2.45, 2.75) is 24.8 Å². The Morgan fingerprint density at radius 3 is 2.93 bits per heavy atom. The molecule has 1 saturated heterocycles.